The van der Waals surface area contributed by atoms with Crippen LogP contribution in [0.1, 0.15) is 38.9 Å². The highest BCUT2D eigenvalue weighted by molar-refractivity contribution is 6.10. The second kappa shape index (κ2) is 8.19. The van der Waals surface area contributed by atoms with Crippen molar-refractivity contribution >= 4 is 28.5 Å². The van der Waals surface area contributed by atoms with E-state index in [1.54, 1.807) is 41.3 Å². The van der Waals surface area contributed by atoms with E-state index in [0.29, 0.717) is 33.5 Å². The third-order valence-corrected chi connectivity index (χ3v) is 5.88. The highest BCUT2D eigenvalue weighted by Gasteiger charge is 2.43. The van der Waals surface area contributed by atoms with Crippen LogP contribution in [-0.4, -0.2) is 18.4 Å². The minimum Gasteiger partial charge on any atom is -0.484 e. The molecule has 1 aliphatic rings. The zero-order chi connectivity index (χ0) is 24.0. The van der Waals surface area contributed by atoms with Crippen LogP contribution in [0.25, 0.3) is 11.0 Å². The van der Waals surface area contributed by atoms with Gasteiger partial charge in [-0.25, -0.2) is 0 Å². The molecule has 2 N–H and O–H groups in total. The molecule has 5 rings (SSSR count). The number of carbonyl (C=O) groups is 2. The minimum absolute atomic E-state index is 0.0434. The highest BCUT2D eigenvalue weighted by atomic mass is 16.5. The van der Waals surface area contributed by atoms with Crippen molar-refractivity contribution < 1.29 is 18.7 Å². The van der Waals surface area contributed by atoms with Gasteiger partial charge in [0.05, 0.1) is 17.0 Å². The van der Waals surface area contributed by atoms with E-state index >= 15 is 0 Å². The molecule has 0 saturated carbocycles. The van der Waals surface area contributed by atoms with Crippen LogP contribution in [0.2, 0.25) is 0 Å². The zero-order valence-corrected chi connectivity index (χ0v) is 18.7. The number of anilines is 1. The summed E-state index contributed by atoms with van der Waals surface area (Å²) in [5, 5.41) is 0.434. The van der Waals surface area contributed by atoms with Crippen LogP contribution in [0, 0.1) is 13.8 Å². The molecule has 170 valence electrons. The van der Waals surface area contributed by atoms with E-state index in [-0.39, 0.29) is 23.7 Å². The largest absolute Gasteiger partial charge is 0.484 e. The predicted octanol–water partition coefficient (Wildman–Crippen LogP) is 4.02. The summed E-state index contributed by atoms with van der Waals surface area (Å²) in [6.07, 6.45) is 0. The summed E-state index contributed by atoms with van der Waals surface area (Å²) >= 11 is 0. The number of carbonyl (C=O) groups excluding carboxylic acids is 2. The number of nitrogens with two attached hydrogens (primary N) is 1. The summed E-state index contributed by atoms with van der Waals surface area (Å²) in [6.45, 7) is 3.60. The van der Waals surface area contributed by atoms with E-state index < -0.39 is 11.9 Å². The second-order valence-electron chi connectivity index (χ2n) is 8.41. The summed E-state index contributed by atoms with van der Waals surface area (Å²) in [7, 11) is 0. The molecule has 7 heteroatoms. The Morgan fingerprint density at radius 3 is 2.44 bits per heavy atom. The topological polar surface area (TPSA) is 103 Å². The van der Waals surface area contributed by atoms with Crippen LogP contribution < -0.4 is 20.8 Å². The molecule has 1 atom stereocenters. The smallest absolute Gasteiger partial charge is 0.295 e. The molecule has 2 heterocycles. The van der Waals surface area contributed by atoms with Gasteiger partial charge in [0.25, 0.3) is 11.8 Å². The van der Waals surface area contributed by atoms with Gasteiger partial charge in [-0.3, -0.25) is 19.3 Å². The standard InChI is InChI=1S/C27H22N2O5/c1-15-4-3-5-18(12-15)29-24(17-7-9-19(10-8-17)33-14-22(28)30)23-25(31)20-13-16(2)6-11-21(20)34-26(23)27(29)32/h3-13,24H,14H2,1-2H3,(H2,28,30). The first-order chi connectivity index (χ1) is 16.3. The fraction of sp³-hybridized carbons (Fsp3) is 0.148. The van der Waals surface area contributed by atoms with E-state index in [4.69, 9.17) is 14.9 Å². The Morgan fingerprint density at radius 2 is 1.74 bits per heavy atom. The quantitative estimate of drug-likeness (QED) is 0.491. The molecule has 1 aliphatic heterocycles. The minimum atomic E-state index is -0.685. The molecule has 0 fully saturated rings. The van der Waals surface area contributed by atoms with Crippen molar-refractivity contribution in [2.45, 2.75) is 19.9 Å². The van der Waals surface area contributed by atoms with Gasteiger partial charge < -0.3 is 14.9 Å². The molecule has 0 radical (unpaired) electrons. The lowest BCUT2D eigenvalue weighted by molar-refractivity contribution is -0.119. The molecule has 1 unspecified atom stereocenters. The van der Waals surface area contributed by atoms with E-state index in [1.165, 1.54) is 0 Å². The molecule has 3 aromatic carbocycles. The van der Waals surface area contributed by atoms with Crippen molar-refractivity contribution in [2.75, 3.05) is 11.5 Å². The molecule has 34 heavy (non-hydrogen) atoms. The fourth-order valence-electron chi connectivity index (χ4n) is 4.35. The Kier molecular flexibility index (Phi) is 5.17. The number of primary amides is 1. The molecule has 0 bridgehead atoms. The van der Waals surface area contributed by atoms with Crippen molar-refractivity contribution in [3.63, 3.8) is 0 Å². The van der Waals surface area contributed by atoms with Crippen molar-refractivity contribution in [2.24, 2.45) is 5.73 Å². The van der Waals surface area contributed by atoms with E-state index in [2.05, 4.69) is 0 Å². The maximum atomic E-state index is 13.7. The molecular formula is C27H22N2O5. The summed E-state index contributed by atoms with van der Waals surface area (Å²) in [5.74, 6) is -0.457. The first-order valence-electron chi connectivity index (χ1n) is 10.8. The maximum Gasteiger partial charge on any atom is 0.295 e. The van der Waals surface area contributed by atoms with Gasteiger partial charge in [-0.2, -0.15) is 0 Å². The van der Waals surface area contributed by atoms with Gasteiger partial charge in [0.2, 0.25) is 5.76 Å². The Morgan fingerprint density at radius 1 is 1.00 bits per heavy atom. The van der Waals surface area contributed by atoms with Gasteiger partial charge in [-0.15, -0.1) is 0 Å². The average Bonchev–Trinajstić information content (AvgIpc) is 3.11. The third kappa shape index (κ3) is 3.61. The zero-order valence-electron chi connectivity index (χ0n) is 18.7. The molecule has 7 nitrogen and oxygen atoms in total. The van der Waals surface area contributed by atoms with Crippen LogP contribution >= 0.6 is 0 Å². The maximum absolute atomic E-state index is 13.7. The highest BCUT2D eigenvalue weighted by Crippen LogP contribution is 2.41. The van der Waals surface area contributed by atoms with Crippen molar-refractivity contribution in [3.8, 4) is 5.75 Å². The van der Waals surface area contributed by atoms with Gasteiger partial charge in [-0.05, 0) is 61.4 Å². The molecule has 4 aromatic rings. The number of amides is 2. The number of rotatable bonds is 5. The number of benzene rings is 3. The molecule has 0 spiro atoms. The Hall–Kier alpha value is -4.39. The fourth-order valence-corrected chi connectivity index (χ4v) is 4.35. The van der Waals surface area contributed by atoms with Crippen LogP contribution in [0.3, 0.4) is 0 Å². The molecule has 0 saturated heterocycles. The van der Waals surface area contributed by atoms with E-state index in [1.807, 2.05) is 44.2 Å². The van der Waals surface area contributed by atoms with Gasteiger partial charge in [-0.1, -0.05) is 35.9 Å². The number of hydrogen-bond acceptors (Lipinski definition) is 5. The summed E-state index contributed by atoms with van der Waals surface area (Å²) in [6, 6.07) is 19.1. The summed E-state index contributed by atoms with van der Waals surface area (Å²) < 4.78 is 11.4. The lowest BCUT2D eigenvalue weighted by Crippen LogP contribution is -2.29. The van der Waals surface area contributed by atoms with Gasteiger partial charge in [0.1, 0.15) is 11.3 Å². The van der Waals surface area contributed by atoms with Crippen LogP contribution in [0.5, 0.6) is 5.75 Å². The van der Waals surface area contributed by atoms with E-state index in [0.717, 1.165) is 11.1 Å². The monoisotopic (exact) mass is 454 g/mol. The van der Waals surface area contributed by atoms with Gasteiger partial charge in [0.15, 0.2) is 12.0 Å². The lowest BCUT2D eigenvalue weighted by atomic mass is 9.97. The normalized spacial score (nSPS) is 14.9. The number of fused-ring (bicyclic) bond motifs is 2. The lowest BCUT2D eigenvalue weighted by Gasteiger charge is -2.25. The van der Waals surface area contributed by atoms with E-state index in [9.17, 15) is 14.4 Å². The van der Waals surface area contributed by atoms with Crippen molar-refractivity contribution in [1.82, 2.24) is 0 Å². The number of aryl methyl sites for hydroxylation is 2. The Balaban J connectivity index is 1.70. The average molecular weight is 454 g/mol. The van der Waals surface area contributed by atoms with Crippen LogP contribution in [-0.2, 0) is 4.79 Å². The first kappa shape index (κ1) is 21.5. The summed E-state index contributed by atoms with van der Waals surface area (Å²) in [4.78, 5) is 39.9. The molecule has 2 amide bonds. The Labute approximate surface area is 195 Å². The molecule has 1 aromatic heterocycles. The van der Waals surface area contributed by atoms with Gasteiger partial charge in [0, 0.05) is 5.69 Å². The SMILES string of the molecule is Cc1cccc(N2C(=O)c3oc4ccc(C)cc4c(=O)c3C2c2ccc(OCC(N)=O)cc2)c1. The molecular weight excluding hydrogens is 432 g/mol. The second-order valence-corrected chi connectivity index (χ2v) is 8.41. The van der Waals surface area contributed by atoms with Crippen LogP contribution in [0.4, 0.5) is 5.69 Å². The summed E-state index contributed by atoms with van der Waals surface area (Å²) in [5.41, 5.74) is 8.87. The van der Waals surface area contributed by atoms with Crippen LogP contribution in [0.15, 0.2) is 75.9 Å². The third-order valence-electron chi connectivity index (χ3n) is 5.88. The van der Waals surface area contributed by atoms with Crippen molar-refractivity contribution in [3.05, 3.63) is 105 Å². The Bertz CT molecular complexity index is 1500. The number of ether oxygens (including phenoxy) is 1. The number of nitrogens with zero attached hydrogens (tertiary/aromatic N) is 1. The number of hydrogen-bond donors (Lipinski definition) is 1. The molecule has 0 aliphatic carbocycles. The van der Waals surface area contributed by atoms with Gasteiger partial charge >= 0.3 is 0 Å². The van der Waals surface area contributed by atoms with Crippen molar-refractivity contribution in [1.29, 1.82) is 0 Å². The first-order valence-corrected chi connectivity index (χ1v) is 10.8. The predicted molar refractivity (Wildman–Crippen MR) is 128 cm³/mol.